The molecule has 0 aliphatic carbocycles. The second kappa shape index (κ2) is 4.53. The Hall–Kier alpha value is -1.69. The van der Waals surface area contributed by atoms with Crippen molar-refractivity contribution in [3.63, 3.8) is 0 Å². The first-order valence-corrected chi connectivity index (χ1v) is 5.86. The maximum atomic E-state index is 10.9. The average molecular weight is 251 g/mol. The SMILES string of the molecule is CC1CN(c2nccc(C(=O)O)n2)CC(C)(C)O1. The Morgan fingerprint density at radius 1 is 1.61 bits per heavy atom. The molecule has 1 aliphatic heterocycles. The summed E-state index contributed by atoms with van der Waals surface area (Å²) in [7, 11) is 0. The van der Waals surface area contributed by atoms with Crippen LogP contribution in [0.15, 0.2) is 12.3 Å². The van der Waals surface area contributed by atoms with Gasteiger partial charge in [-0.15, -0.1) is 0 Å². The van der Waals surface area contributed by atoms with Gasteiger partial charge >= 0.3 is 5.97 Å². The zero-order valence-electron chi connectivity index (χ0n) is 10.8. The molecule has 1 saturated heterocycles. The predicted octanol–water partition coefficient (Wildman–Crippen LogP) is 1.18. The summed E-state index contributed by atoms with van der Waals surface area (Å²) in [5.41, 5.74) is -0.280. The van der Waals surface area contributed by atoms with E-state index in [9.17, 15) is 4.79 Å². The largest absolute Gasteiger partial charge is 0.477 e. The van der Waals surface area contributed by atoms with Gasteiger partial charge in [0.05, 0.1) is 11.7 Å². The van der Waals surface area contributed by atoms with Gasteiger partial charge in [0.1, 0.15) is 0 Å². The summed E-state index contributed by atoms with van der Waals surface area (Å²) in [5, 5.41) is 8.93. The van der Waals surface area contributed by atoms with E-state index in [0.717, 1.165) is 0 Å². The van der Waals surface area contributed by atoms with Gasteiger partial charge < -0.3 is 14.7 Å². The number of ether oxygens (including phenoxy) is 1. The smallest absolute Gasteiger partial charge is 0.354 e. The number of anilines is 1. The van der Waals surface area contributed by atoms with Gasteiger partial charge in [-0.25, -0.2) is 14.8 Å². The fraction of sp³-hybridized carbons (Fsp3) is 0.583. The highest BCUT2D eigenvalue weighted by Gasteiger charge is 2.32. The van der Waals surface area contributed by atoms with Gasteiger partial charge in [-0.05, 0) is 26.8 Å². The van der Waals surface area contributed by atoms with Gasteiger partial charge in [0, 0.05) is 19.3 Å². The zero-order chi connectivity index (χ0) is 13.3. The van der Waals surface area contributed by atoms with E-state index in [1.807, 2.05) is 25.7 Å². The average Bonchev–Trinajstić information content (AvgIpc) is 2.26. The number of hydrogen-bond donors (Lipinski definition) is 1. The highest BCUT2D eigenvalue weighted by molar-refractivity contribution is 5.85. The Balaban J connectivity index is 2.25. The lowest BCUT2D eigenvalue weighted by atomic mass is 10.1. The first-order chi connectivity index (χ1) is 8.37. The first kappa shape index (κ1) is 12.8. The number of aromatic carboxylic acids is 1. The number of nitrogens with zero attached hydrogens (tertiary/aromatic N) is 3. The molecule has 0 aromatic carbocycles. The van der Waals surface area contributed by atoms with Crippen LogP contribution in [0.2, 0.25) is 0 Å². The zero-order valence-corrected chi connectivity index (χ0v) is 10.8. The van der Waals surface area contributed by atoms with Crippen molar-refractivity contribution in [1.29, 1.82) is 0 Å². The fourth-order valence-corrected chi connectivity index (χ4v) is 2.23. The highest BCUT2D eigenvalue weighted by Crippen LogP contribution is 2.23. The molecule has 1 atom stereocenters. The van der Waals surface area contributed by atoms with E-state index in [1.165, 1.54) is 12.3 Å². The van der Waals surface area contributed by atoms with Crippen molar-refractivity contribution in [3.05, 3.63) is 18.0 Å². The molecule has 1 fully saturated rings. The maximum Gasteiger partial charge on any atom is 0.354 e. The molecule has 0 spiro atoms. The number of carboxylic acid groups (broad SMARTS) is 1. The summed E-state index contributed by atoms with van der Waals surface area (Å²) in [4.78, 5) is 21.1. The maximum absolute atomic E-state index is 10.9. The van der Waals surface area contributed by atoms with E-state index in [-0.39, 0.29) is 17.4 Å². The Labute approximate surface area is 106 Å². The number of carbonyl (C=O) groups is 1. The first-order valence-electron chi connectivity index (χ1n) is 5.86. The molecule has 0 radical (unpaired) electrons. The third-order valence-corrected chi connectivity index (χ3v) is 2.71. The van der Waals surface area contributed by atoms with Crippen LogP contribution >= 0.6 is 0 Å². The van der Waals surface area contributed by atoms with Crippen molar-refractivity contribution >= 4 is 11.9 Å². The van der Waals surface area contributed by atoms with Gasteiger partial charge in [0.25, 0.3) is 0 Å². The number of rotatable bonds is 2. The van der Waals surface area contributed by atoms with E-state index in [0.29, 0.717) is 19.0 Å². The molecule has 6 nitrogen and oxygen atoms in total. The minimum Gasteiger partial charge on any atom is -0.477 e. The van der Waals surface area contributed by atoms with Crippen LogP contribution in [0.25, 0.3) is 0 Å². The standard InChI is InChI=1S/C12H17N3O3/c1-8-6-15(7-12(2,3)18-8)11-13-5-4-9(14-11)10(16)17/h4-5,8H,6-7H2,1-3H3,(H,16,17). The van der Waals surface area contributed by atoms with Gasteiger partial charge in [-0.2, -0.15) is 0 Å². The molecular weight excluding hydrogens is 234 g/mol. The van der Waals surface area contributed by atoms with Crippen molar-refractivity contribution in [2.45, 2.75) is 32.5 Å². The van der Waals surface area contributed by atoms with Gasteiger partial charge in [-0.3, -0.25) is 0 Å². The molecule has 98 valence electrons. The lowest BCUT2D eigenvalue weighted by molar-refractivity contribution is -0.0753. The molecule has 6 heteroatoms. The lowest BCUT2D eigenvalue weighted by Gasteiger charge is -2.41. The topological polar surface area (TPSA) is 75.6 Å². The molecule has 1 aromatic rings. The van der Waals surface area contributed by atoms with Crippen molar-refractivity contribution in [2.75, 3.05) is 18.0 Å². The van der Waals surface area contributed by atoms with Gasteiger partial charge in [0.2, 0.25) is 5.95 Å². The summed E-state index contributed by atoms with van der Waals surface area (Å²) in [6.07, 6.45) is 1.53. The van der Waals surface area contributed by atoms with Crippen LogP contribution in [-0.2, 0) is 4.74 Å². The molecule has 1 N–H and O–H groups in total. The van der Waals surface area contributed by atoms with Crippen LogP contribution in [0.1, 0.15) is 31.3 Å². The van der Waals surface area contributed by atoms with E-state index < -0.39 is 5.97 Å². The normalized spacial score (nSPS) is 22.8. The Morgan fingerprint density at radius 2 is 2.33 bits per heavy atom. The molecule has 2 heterocycles. The van der Waals surface area contributed by atoms with E-state index in [2.05, 4.69) is 9.97 Å². The third kappa shape index (κ3) is 2.76. The summed E-state index contributed by atoms with van der Waals surface area (Å²) >= 11 is 0. The van der Waals surface area contributed by atoms with E-state index >= 15 is 0 Å². The van der Waals surface area contributed by atoms with Crippen LogP contribution in [0, 0.1) is 0 Å². The van der Waals surface area contributed by atoms with E-state index in [1.54, 1.807) is 0 Å². The van der Waals surface area contributed by atoms with Crippen LogP contribution in [0.5, 0.6) is 0 Å². The van der Waals surface area contributed by atoms with Crippen LogP contribution in [0.3, 0.4) is 0 Å². The van der Waals surface area contributed by atoms with Crippen molar-refractivity contribution in [2.24, 2.45) is 0 Å². The fourth-order valence-electron chi connectivity index (χ4n) is 2.23. The monoisotopic (exact) mass is 251 g/mol. The van der Waals surface area contributed by atoms with Crippen LogP contribution in [0.4, 0.5) is 5.95 Å². The number of carboxylic acids is 1. The molecule has 1 aromatic heterocycles. The number of morpholine rings is 1. The number of aromatic nitrogens is 2. The molecule has 2 rings (SSSR count). The predicted molar refractivity (Wildman–Crippen MR) is 65.8 cm³/mol. The quantitative estimate of drug-likeness (QED) is 0.850. The van der Waals surface area contributed by atoms with Gasteiger partial charge in [-0.1, -0.05) is 0 Å². The van der Waals surface area contributed by atoms with E-state index in [4.69, 9.17) is 9.84 Å². The van der Waals surface area contributed by atoms with Crippen LogP contribution < -0.4 is 4.90 Å². The second-order valence-electron chi connectivity index (χ2n) is 5.12. The van der Waals surface area contributed by atoms with Gasteiger partial charge in [0.15, 0.2) is 5.69 Å². The summed E-state index contributed by atoms with van der Waals surface area (Å²) in [6, 6.07) is 1.39. The molecular formula is C12H17N3O3. The summed E-state index contributed by atoms with van der Waals surface area (Å²) in [6.45, 7) is 7.27. The molecule has 0 amide bonds. The third-order valence-electron chi connectivity index (χ3n) is 2.71. The Morgan fingerprint density at radius 3 is 2.94 bits per heavy atom. The second-order valence-corrected chi connectivity index (χ2v) is 5.12. The molecule has 0 bridgehead atoms. The molecule has 18 heavy (non-hydrogen) atoms. The van der Waals surface area contributed by atoms with Crippen LogP contribution in [-0.4, -0.2) is 45.8 Å². The highest BCUT2D eigenvalue weighted by atomic mass is 16.5. The Kier molecular flexibility index (Phi) is 3.21. The number of hydrogen-bond acceptors (Lipinski definition) is 5. The summed E-state index contributed by atoms with van der Waals surface area (Å²) in [5.74, 6) is -0.600. The van der Waals surface area contributed by atoms with Crippen molar-refractivity contribution in [1.82, 2.24) is 9.97 Å². The minimum absolute atomic E-state index is 0.0111. The molecule has 0 saturated carbocycles. The molecule has 1 aliphatic rings. The Bertz CT molecular complexity index is 462. The molecule has 1 unspecified atom stereocenters. The van der Waals surface area contributed by atoms with Crippen molar-refractivity contribution < 1.29 is 14.6 Å². The minimum atomic E-state index is -1.04. The summed E-state index contributed by atoms with van der Waals surface area (Å²) < 4.78 is 5.79. The lowest BCUT2D eigenvalue weighted by Crippen LogP contribution is -2.52. The van der Waals surface area contributed by atoms with Crippen molar-refractivity contribution in [3.8, 4) is 0 Å².